The fourth-order valence-electron chi connectivity index (χ4n) is 3.92. The zero-order valence-electron chi connectivity index (χ0n) is 17.8. The number of methoxy groups -OCH3 is 1. The van der Waals surface area contributed by atoms with Crippen LogP contribution in [-0.4, -0.2) is 67.5 Å². The Labute approximate surface area is 183 Å². The van der Waals surface area contributed by atoms with E-state index in [0.717, 1.165) is 6.07 Å². The summed E-state index contributed by atoms with van der Waals surface area (Å²) in [5.41, 5.74) is -0.638. The largest absolute Gasteiger partial charge is 0.416 e. The molecule has 3 rings (SSSR count). The third-order valence-corrected chi connectivity index (χ3v) is 5.43. The molecule has 2 aliphatic heterocycles. The third-order valence-electron chi connectivity index (χ3n) is 5.43. The van der Waals surface area contributed by atoms with Gasteiger partial charge in [0.15, 0.2) is 0 Å². The highest BCUT2D eigenvalue weighted by Crippen LogP contribution is 2.41. The molecule has 0 saturated heterocycles. The topological polar surface area (TPSA) is 91.0 Å². The van der Waals surface area contributed by atoms with Crippen molar-refractivity contribution in [2.75, 3.05) is 39.9 Å². The Morgan fingerprint density at radius 3 is 2.66 bits per heavy atom. The van der Waals surface area contributed by atoms with E-state index in [0.29, 0.717) is 18.8 Å². The predicted octanol–water partition coefficient (Wildman–Crippen LogP) is 2.04. The van der Waals surface area contributed by atoms with Crippen molar-refractivity contribution in [3.63, 3.8) is 0 Å². The Morgan fingerprint density at radius 1 is 1.28 bits per heavy atom. The van der Waals surface area contributed by atoms with Gasteiger partial charge in [-0.05, 0) is 18.6 Å². The molecule has 1 unspecified atom stereocenters. The summed E-state index contributed by atoms with van der Waals surface area (Å²) in [5, 5.41) is 5.21. The van der Waals surface area contributed by atoms with Crippen molar-refractivity contribution >= 4 is 17.8 Å². The van der Waals surface area contributed by atoms with Crippen LogP contribution in [0.5, 0.6) is 0 Å². The Balaban J connectivity index is 1.87. The Morgan fingerprint density at radius 2 is 2.00 bits per heavy atom. The number of carbonyl (C=O) groups excluding carboxylic acids is 3. The van der Waals surface area contributed by atoms with Crippen molar-refractivity contribution < 1.29 is 32.3 Å². The summed E-state index contributed by atoms with van der Waals surface area (Å²) in [6, 6.07) is 3.08. The van der Waals surface area contributed by atoms with E-state index in [4.69, 9.17) is 4.74 Å². The molecule has 4 amide bonds. The number of halogens is 3. The Kier molecular flexibility index (Phi) is 7.07. The lowest BCUT2D eigenvalue weighted by atomic mass is 9.91. The highest BCUT2D eigenvalue weighted by atomic mass is 19.4. The van der Waals surface area contributed by atoms with Crippen molar-refractivity contribution in [2.24, 2.45) is 0 Å². The number of rotatable bonds is 8. The van der Waals surface area contributed by atoms with Crippen LogP contribution >= 0.6 is 0 Å². The number of ether oxygens (including phenoxy) is 1. The molecule has 8 nitrogen and oxygen atoms in total. The van der Waals surface area contributed by atoms with Gasteiger partial charge in [-0.3, -0.25) is 14.5 Å². The molecular formula is C21H25F3N4O4. The van der Waals surface area contributed by atoms with Crippen molar-refractivity contribution in [1.29, 1.82) is 0 Å². The quantitative estimate of drug-likeness (QED) is 0.589. The lowest BCUT2D eigenvalue weighted by molar-refractivity contribution is -0.138. The molecule has 0 saturated carbocycles. The van der Waals surface area contributed by atoms with Gasteiger partial charge >= 0.3 is 12.2 Å². The molecule has 2 aliphatic rings. The summed E-state index contributed by atoms with van der Waals surface area (Å²) in [4.78, 5) is 40.5. The van der Waals surface area contributed by atoms with E-state index in [1.54, 1.807) is 6.92 Å². The minimum Gasteiger partial charge on any atom is -0.383 e. The van der Waals surface area contributed by atoms with Gasteiger partial charge in [0.05, 0.1) is 36.0 Å². The van der Waals surface area contributed by atoms with Crippen LogP contribution in [0.4, 0.5) is 18.0 Å². The van der Waals surface area contributed by atoms with Crippen LogP contribution in [0, 0.1) is 0 Å². The summed E-state index contributed by atoms with van der Waals surface area (Å²) in [5.74, 6) is -0.773. The number of hydrogen-bond acceptors (Lipinski definition) is 4. The second-order valence-corrected chi connectivity index (χ2v) is 7.39. The number of amides is 4. The second kappa shape index (κ2) is 9.60. The SMILES string of the molecule is CCN1C(=O)NC(c2ccccc2C(F)(F)F)C2=C1CN(CCC(=O)NCCOC)C2=O. The number of likely N-dealkylation sites (N-methyl/N-ethyl adjacent to an activating group) is 1. The van der Waals surface area contributed by atoms with Crippen LogP contribution in [0.1, 0.15) is 30.5 Å². The van der Waals surface area contributed by atoms with Crippen molar-refractivity contribution in [3.05, 3.63) is 46.7 Å². The summed E-state index contributed by atoms with van der Waals surface area (Å²) in [7, 11) is 1.51. The fraction of sp³-hybridized carbons (Fsp3) is 0.476. The lowest BCUT2D eigenvalue weighted by Crippen LogP contribution is -2.47. The Bertz CT molecular complexity index is 932. The summed E-state index contributed by atoms with van der Waals surface area (Å²) in [6.45, 7) is 2.76. The van der Waals surface area contributed by atoms with E-state index < -0.39 is 29.7 Å². The van der Waals surface area contributed by atoms with Gasteiger partial charge < -0.3 is 20.3 Å². The predicted molar refractivity (Wildman–Crippen MR) is 108 cm³/mol. The zero-order chi connectivity index (χ0) is 23.5. The minimum absolute atomic E-state index is 0.0211. The lowest BCUT2D eigenvalue weighted by Gasteiger charge is -2.33. The molecule has 0 spiro atoms. The highest BCUT2D eigenvalue weighted by Gasteiger charge is 2.46. The summed E-state index contributed by atoms with van der Waals surface area (Å²) < 4.78 is 45.7. The maximum Gasteiger partial charge on any atom is 0.416 e. The molecule has 0 radical (unpaired) electrons. The molecule has 1 aromatic rings. The van der Waals surface area contributed by atoms with Crippen LogP contribution < -0.4 is 10.6 Å². The monoisotopic (exact) mass is 454 g/mol. The first-order chi connectivity index (χ1) is 15.2. The van der Waals surface area contributed by atoms with Gasteiger partial charge in [0.1, 0.15) is 0 Å². The van der Waals surface area contributed by atoms with Gasteiger partial charge in [0, 0.05) is 33.2 Å². The van der Waals surface area contributed by atoms with Gasteiger partial charge in [-0.2, -0.15) is 13.2 Å². The maximum atomic E-state index is 13.6. The van der Waals surface area contributed by atoms with Gasteiger partial charge in [-0.25, -0.2) is 4.79 Å². The van der Waals surface area contributed by atoms with Crippen molar-refractivity contribution in [1.82, 2.24) is 20.4 Å². The molecule has 1 atom stereocenters. The first kappa shape index (κ1) is 23.6. The Hall–Kier alpha value is -3.08. The van der Waals surface area contributed by atoms with Crippen LogP contribution in [0.15, 0.2) is 35.5 Å². The van der Waals surface area contributed by atoms with Crippen LogP contribution in [0.3, 0.4) is 0 Å². The molecule has 32 heavy (non-hydrogen) atoms. The average molecular weight is 454 g/mol. The number of carbonyl (C=O) groups is 3. The molecule has 174 valence electrons. The van der Waals surface area contributed by atoms with Crippen molar-refractivity contribution in [2.45, 2.75) is 25.6 Å². The van der Waals surface area contributed by atoms with E-state index in [1.807, 2.05) is 0 Å². The molecule has 0 fully saturated rings. The summed E-state index contributed by atoms with van der Waals surface area (Å²) in [6.07, 6.45) is -4.63. The van der Waals surface area contributed by atoms with Gasteiger partial charge in [-0.1, -0.05) is 18.2 Å². The number of urea groups is 1. The highest BCUT2D eigenvalue weighted by molar-refractivity contribution is 6.01. The second-order valence-electron chi connectivity index (χ2n) is 7.39. The van der Waals surface area contributed by atoms with E-state index in [-0.39, 0.29) is 43.1 Å². The smallest absolute Gasteiger partial charge is 0.383 e. The van der Waals surface area contributed by atoms with Crippen molar-refractivity contribution in [3.8, 4) is 0 Å². The maximum absolute atomic E-state index is 13.6. The number of benzene rings is 1. The molecule has 0 aromatic heterocycles. The standard InChI is InChI=1S/C21H25F3N4O4/c1-3-28-15-12-27(10-8-16(29)25-9-11-32-2)19(30)17(15)18(26-20(28)31)13-6-4-5-7-14(13)21(22,23)24/h4-7,18H,3,8-12H2,1-2H3,(H,25,29)(H,26,31). The molecule has 2 heterocycles. The average Bonchev–Trinajstić information content (AvgIpc) is 3.07. The minimum atomic E-state index is -4.65. The van der Waals surface area contributed by atoms with Crippen LogP contribution in [0.2, 0.25) is 0 Å². The van der Waals surface area contributed by atoms with Gasteiger partial charge in [-0.15, -0.1) is 0 Å². The number of nitrogens with zero attached hydrogens (tertiary/aromatic N) is 2. The van der Waals surface area contributed by atoms with Crippen LogP contribution in [-0.2, 0) is 20.5 Å². The van der Waals surface area contributed by atoms with Gasteiger partial charge in [0.2, 0.25) is 5.91 Å². The first-order valence-electron chi connectivity index (χ1n) is 10.2. The third kappa shape index (κ3) is 4.72. The number of alkyl halides is 3. The van der Waals surface area contributed by atoms with E-state index in [1.165, 1.54) is 35.1 Å². The molecule has 11 heteroatoms. The van der Waals surface area contributed by atoms with Gasteiger partial charge in [0.25, 0.3) is 5.91 Å². The zero-order valence-corrected chi connectivity index (χ0v) is 17.8. The molecule has 0 aliphatic carbocycles. The molecule has 2 N–H and O–H groups in total. The van der Waals surface area contributed by atoms with E-state index in [2.05, 4.69) is 10.6 Å². The van der Waals surface area contributed by atoms with E-state index >= 15 is 0 Å². The molecule has 1 aromatic carbocycles. The number of hydrogen-bond donors (Lipinski definition) is 2. The first-order valence-corrected chi connectivity index (χ1v) is 10.2. The number of nitrogens with one attached hydrogen (secondary N) is 2. The van der Waals surface area contributed by atoms with E-state index in [9.17, 15) is 27.6 Å². The molecule has 0 bridgehead atoms. The normalized spacial score (nSPS) is 18.7. The fourth-order valence-corrected chi connectivity index (χ4v) is 3.92. The van der Waals surface area contributed by atoms with Crippen LogP contribution in [0.25, 0.3) is 0 Å². The molecular weight excluding hydrogens is 429 g/mol. The summed E-state index contributed by atoms with van der Waals surface area (Å²) >= 11 is 0.